The summed E-state index contributed by atoms with van der Waals surface area (Å²) in [6.07, 6.45) is 0. The van der Waals surface area contributed by atoms with Gasteiger partial charge in [-0.2, -0.15) is 0 Å². The summed E-state index contributed by atoms with van der Waals surface area (Å²) in [5.41, 5.74) is 3.84. The highest BCUT2D eigenvalue weighted by atomic mass is 32.1. The lowest BCUT2D eigenvalue weighted by molar-refractivity contribution is 0.620. The zero-order chi connectivity index (χ0) is 39.4. The van der Waals surface area contributed by atoms with Crippen molar-refractivity contribution in [2.45, 2.75) is 0 Å². The number of furan rings is 1. The molecule has 0 N–H and O–H groups in total. The van der Waals surface area contributed by atoms with E-state index in [1.165, 1.54) is 0 Å². The molecule has 5 heteroatoms. The van der Waals surface area contributed by atoms with Crippen LogP contribution in [-0.2, 0) is 0 Å². The number of nitrogens with zero attached hydrogens (tertiary/aromatic N) is 2. The minimum atomic E-state index is -0.633. The Morgan fingerprint density at radius 2 is 1.25 bits per heavy atom. The number of benzene rings is 7. The van der Waals surface area contributed by atoms with E-state index in [-0.39, 0.29) is 11.3 Å². The fourth-order valence-electron chi connectivity index (χ4n) is 6.21. The molecule has 3 heterocycles. The molecular formula is C43H26N2O2S. The largest absolute Gasteiger partial charge is 0.456 e. The topological polar surface area (TPSA) is 42.4 Å². The van der Waals surface area contributed by atoms with Crippen molar-refractivity contribution >= 4 is 81.6 Å². The molecule has 0 unspecified atom stereocenters. The fraction of sp³-hybridized carbons (Fsp3) is 0. The number of para-hydroxylation sites is 3. The van der Waals surface area contributed by atoms with Crippen molar-refractivity contribution in [1.82, 2.24) is 4.98 Å². The lowest BCUT2D eigenvalue weighted by atomic mass is 10.0. The monoisotopic (exact) mass is 643 g/mol. The van der Waals surface area contributed by atoms with Gasteiger partial charge in [0.1, 0.15) is 16.7 Å². The summed E-state index contributed by atoms with van der Waals surface area (Å²) in [4.78, 5) is 6.35. The number of fused-ring (bicyclic) bond motifs is 7. The van der Waals surface area contributed by atoms with Gasteiger partial charge in [0.15, 0.2) is 5.58 Å². The van der Waals surface area contributed by atoms with Crippen molar-refractivity contribution in [2.75, 3.05) is 4.90 Å². The fourth-order valence-corrected chi connectivity index (χ4v) is 7.33. The first-order valence-electron chi connectivity index (χ1n) is 19.7. The molecule has 0 bridgehead atoms. The van der Waals surface area contributed by atoms with Gasteiger partial charge in [-0.25, -0.2) is 4.98 Å². The van der Waals surface area contributed by atoms with Gasteiger partial charge < -0.3 is 13.7 Å². The maximum Gasteiger partial charge on any atom is 0.227 e. The Kier molecular flexibility index (Phi) is 4.34. The van der Waals surface area contributed by atoms with Gasteiger partial charge in [0, 0.05) is 53.6 Å². The van der Waals surface area contributed by atoms with Crippen LogP contribution in [0.3, 0.4) is 0 Å². The van der Waals surface area contributed by atoms with Gasteiger partial charge in [0.05, 0.1) is 12.3 Å². The van der Waals surface area contributed by atoms with E-state index in [4.69, 9.17) is 15.7 Å². The first-order chi connectivity index (χ1) is 27.5. The van der Waals surface area contributed by atoms with Crippen LogP contribution in [0.2, 0.25) is 0 Å². The van der Waals surface area contributed by atoms with Crippen LogP contribution in [0.1, 0.15) is 12.3 Å². The Morgan fingerprint density at radius 3 is 2.12 bits per heavy atom. The van der Waals surface area contributed by atoms with Crippen LogP contribution in [0, 0.1) is 0 Å². The average molecular weight is 644 g/mol. The van der Waals surface area contributed by atoms with E-state index < -0.39 is 59.9 Å². The van der Waals surface area contributed by atoms with E-state index in [1.54, 1.807) is 28.4 Å². The van der Waals surface area contributed by atoms with Crippen molar-refractivity contribution in [3.63, 3.8) is 0 Å². The van der Waals surface area contributed by atoms with Crippen molar-refractivity contribution in [2.24, 2.45) is 0 Å². The predicted molar refractivity (Wildman–Crippen MR) is 200 cm³/mol. The number of rotatable bonds is 5. The highest BCUT2D eigenvalue weighted by Gasteiger charge is 2.18. The summed E-state index contributed by atoms with van der Waals surface area (Å²) in [5, 5.41) is 3.60. The Hall–Kier alpha value is -6.17. The first kappa shape index (κ1) is 19.5. The molecule has 0 saturated carbocycles. The molecular weight excluding hydrogens is 609 g/mol. The number of oxazole rings is 1. The maximum absolute atomic E-state index is 9.39. The standard InChI is InChI=1S/C43H26N2O2S/c1-2-8-27(9-3-1)28-14-17-30(18-15-28)45(31-20-22-39-35(25-31)33-10-4-6-12-38(33)46-39)32-19-21-34-36-24-29(16-23-41(36)48-42(34)26-32)43-44-37-11-5-7-13-40(37)47-43/h1-26H/i1D,2D,3D,8D,9D,14D,15D,17D,18D. The summed E-state index contributed by atoms with van der Waals surface area (Å²) in [6.45, 7) is 0. The second-order valence-corrected chi connectivity index (χ2v) is 12.4. The molecule has 10 aromatic rings. The second-order valence-electron chi connectivity index (χ2n) is 11.3. The molecule has 0 atom stereocenters. The van der Waals surface area contributed by atoms with E-state index in [2.05, 4.69) is 11.1 Å². The molecule has 3 aromatic heterocycles. The van der Waals surface area contributed by atoms with Crippen molar-refractivity contribution in [3.05, 3.63) is 158 Å². The average Bonchev–Trinajstić information content (AvgIpc) is 3.94. The number of hydrogen-bond acceptors (Lipinski definition) is 5. The van der Waals surface area contributed by atoms with E-state index in [9.17, 15) is 5.48 Å². The van der Waals surface area contributed by atoms with Gasteiger partial charge in [0.25, 0.3) is 0 Å². The van der Waals surface area contributed by atoms with Gasteiger partial charge in [-0.05, 0) is 89.9 Å². The molecule has 0 aliphatic rings. The Labute approximate surface area is 292 Å². The third-order valence-electron chi connectivity index (χ3n) is 8.46. The molecule has 0 aliphatic carbocycles. The highest BCUT2D eigenvalue weighted by Crippen LogP contribution is 2.43. The second kappa shape index (κ2) is 10.7. The van der Waals surface area contributed by atoms with Crippen molar-refractivity contribution < 1.29 is 21.2 Å². The molecule has 7 aromatic carbocycles. The Bertz CT molecular complexity index is 3250. The van der Waals surface area contributed by atoms with Crippen LogP contribution in [0.5, 0.6) is 0 Å². The summed E-state index contributed by atoms with van der Waals surface area (Å²) in [5.74, 6) is 0.512. The number of aromatic nitrogens is 1. The minimum Gasteiger partial charge on any atom is -0.456 e. The molecule has 226 valence electrons. The van der Waals surface area contributed by atoms with Crippen LogP contribution in [0.25, 0.3) is 75.8 Å². The first-order valence-corrected chi connectivity index (χ1v) is 16.0. The number of anilines is 3. The van der Waals surface area contributed by atoms with Crippen molar-refractivity contribution in [3.8, 4) is 22.6 Å². The zero-order valence-corrected chi connectivity index (χ0v) is 25.8. The minimum absolute atomic E-state index is 0.0769. The molecule has 0 fully saturated rings. The van der Waals surface area contributed by atoms with E-state index in [0.29, 0.717) is 34.0 Å². The van der Waals surface area contributed by atoms with Crippen LogP contribution in [-0.4, -0.2) is 4.98 Å². The van der Waals surface area contributed by atoms with Gasteiger partial charge >= 0.3 is 0 Å². The molecule has 4 nitrogen and oxygen atoms in total. The van der Waals surface area contributed by atoms with Crippen LogP contribution < -0.4 is 4.90 Å². The number of hydrogen-bond donors (Lipinski definition) is 0. The Morgan fingerprint density at radius 1 is 0.500 bits per heavy atom. The SMILES string of the molecule is [2H]c1c([2H])c([2H])c(-c2c([2H])c([2H])c(N(c3ccc4c(c3)sc3ccc(-c5nc6ccccc6o5)cc34)c3ccc4oc5ccccc5c4c3)c([2H])c2[2H])c([2H])c1[2H]. The van der Waals surface area contributed by atoms with E-state index in [1.807, 2.05) is 84.9 Å². The molecule has 0 spiro atoms. The van der Waals surface area contributed by atoms with Crippen LogP contribution in [0.4, 0.5) is 17.1 Å². The summed E-state index contributed by atoms with van der Waals surface area (Å²) in [6, 6.07) is 27.4. The lowest BCUT2D eigenvalue weighted by Gasteiger charge is -2.26. The molecule has 10 rings (SSSR count). The summed E-state index contributed by atoms with van der Waals surface area (Å²) >= 11 is 1.57. The van der Waals surface area contributed by atoms with Crippen LogP contribution >= 0.6 is 11.3 Å². The van der Waals surface area contributed by atoms with E-state index in [0.717, 1.165) is 42.0 Å². The van der Waals surface area contributed by atoms with Crippen LogP contribution in [0.15, 0.2) is 166 Å². The molecule has 0 saturated heterocycles. The number of thiophene rings is 1. The summed E-state index contributed by atoms with van der Waals surface area (Å²) < 4.78 is 92.8. The lowest BCUT2D eigenvalue weighted by Crippen LogP contribution is -2.09. The highest BCUT2D eigenvalue weighted by molar-refractivity contribution is 7.25. The quantitative estimate of drug-likeness (QED) is 0.187. The van der Waals surface area contributed by atoms with Gasteiger partial charge in [-0.3, -0.25) is 0 Å². The van der Waals surface area contributed by atoms with Gasteiger partial charge in [0.2, 0.25) is 5.89 Å². The van der Waals surface area contributed by atoms with Crippen molar-refractivity contribution in [1.29, 1.82) is 0 Å². The maximum atomic E-state index is 9.39. The zero-order valence-electron chi connectivity index (χ0n) is 33.9. The summed E-state index contributed by atoms with van der Waals surface area (Å²) in [7, 11) is 0. The predicted octanol–water partition coefficient (Wildman–Crippen LogP) is 12.9. The third kappa shape index (κ3) is 4.40. The molecule has 0 aliphatic heterocycles. The van der Waals surface area contributed by atoms with Gasteiger partial charge in [-0.15, -0.1) is 11.3 Å². The smallest absolute Gasteiger partial charge is 0.227 e. The van der Waals surface area contributed by atoms with E-state index >= 15 is 0 Å². The molecule has 48 heavy (non-hydrogen) atoms. The third-order valence-corrected chi connectivity index (χ3v) is 9.59. The normalized spacial score (nSPS) is 14.4. The van der Waals surface area contributed by atoms with Gasteiger partial charge in [-0.1, -0.05) is 78.7 Å². The molecule has 0 amide bonds. The Balaban J connectivity index is 1.19. The molecule has 0 radical (unpaired) electrons.